The summed E-state index contributed by atoms with van der Waals surface area (Å²) in [6.45, 7) is 1.02. The monoisotopic (exact) mass is 301 g/mol. The first kappa shape index (κ1) is 14.0. The van der Waals surface area contributed by atoms with Gasteiger partial charge in [0.1, 0.15) is 17.1 Å². The highest BCUT2D eigenvalue weighted by molar-refractivity contribution is 5.63. The van der Waals surface area contributed by atoms with E-state index in [-0.39, 0.29) is 17.3 Å². The molecule has 0 spiro atoms. The van der Waals surface area contributed by atoms with Crippen molar-refractivity contribution in [2.75, 3.05) is 13.2 Å². The first-order valence-corrected chi connectivity index (χ1v) is 6.32. The molecule has 4 nitrogen and oxygen atoms in total. The summed E-state index contributed by atoms with van der Waals surface area (Å²) >= 11 is 0. The Hall–Kier alpha value is -1.96. The second-order valence-corrected chi connectivity index (χ2v) is 4.76. The first-order valence-electron chi connectivity index (χ1n) is 6.32. The molecule has 1 saturated heterocycles. The van der Waals surface area contributed by atoms with Gasteiger partial charge in [-0.1, -0.05) is 17.3 Å². The molecule has 1 atom stereocenters. The fourth-order valence-electron chi connectivity index (χ4n) is 2.34. The molecule has 112 valence electrons. The maximum atomic E-state index is 13.5. The first-order chi connectivity index (χ1) is 9.97. The maximum absolute atomic E-state index is 13.5. The van der Waals surface area contributed by atoms with Gasteiger partial charge in [0.2, 0.25) is 0 Å². The SMILES string of the molecule is Fc1cccc(-c2cn(C3CCOC3)nn2)c1C(F)(F)F. The topological polar surface area (TPSA) is 39.9 Å². The Morgan fingerprint density at radius 3 is 2.76 bits per heavy atom. The van der Waals surface area contributed by atoms with Crippen LogP contribution in [0, 0.1) is 5.82 Å². The third-order valence-electron chi connectivity index (χ3n) is 3.36. The van der Waals surface area contributed by atoms with Gasteiger partial charge >= 0.3 is 6.18 Å². The van der Waals surface area contributed by atoms with E-state index in [4.69, 9.17) is 4.74 Å². The van der Waals surface area contributed by atoms with Crippen LogP contribution >= 0.6 is 0 Å². The van der Waals surface area contributed by atoms with Crippen molar-refractivity contribution in [2.24, 2.45) is 0 Å². The molecule has 1 fully saturated rings. The number of ether oxygens (including phenoxy) is 1. The number of hydrogen-bond donors (Lipinski definition) is 0. The molecule has 0 bridgehead atoms. The van der Waals surface area contributed by atoms with Gasteiger partial charge in [0.15, 0.2) is 0 Å². The van der Waals surface area contributed by atoms with E-state index < -0.39 is 17.6 Å². The largest absolute Gasteiger partial charge is 0.419 e. The number of nitrogens with zero attached hydrogens (tertiary/aromatic N) is 3. The van der Waals surface area contributed by atoms with Crippen LogP contribution in [-0.2, 0) is 10.9 Å². The predicted molar refractivity (Wildman–Crippen MR) is 64.9 cm³/mol. The van der Waals surface area contributed by atoms with E-state index >= 15 is 0 Å². The number of halogens is 4. The summed E-state index contributed by atoms with van der Waals surface area (Å²) in [6.07, 6.45) is -2.68. The van der Waals surface area contributed by atoms with Crippen molar-refractivity contribution in [3.05, 3.63) is 35.8 Å². The van der Waals surface area contributed by atoms with Gasteiger partial charge in [-0.05, 0) is 12.5 Å². The van der Waals surface area contributed by atoms with E-state index in [9.17, 15) is 17.6 Å². The summed E-state index contributed by atoms with van der Waals surface area (Å²) in [7, 11) is 0. The van der Waals surface area contributed by atoms with Crippen LogP contribution in [-0.4, -0.2) is 28.2 Å². The van der Waals surface area contributed by atoms with Gasteiger partial charge in [-0.25, -0.2) is 9.07 Å². The molecule has 2 aromatic rings. The van der Waals surface area contributed by atoms with Crippen LogP contribution in [0.25, 0.3) is 11.3 Å². The molecule has 8 heteroatoms. The molecule has 2 heterocycles. The lowest BCUT2D eigenvalue weighted by molar-refractivity contribution is -0.139. The lowest BCUT2D eigenvalue weighted by atomic mass is 10.0. The summed E-state index contributed by atoms with van der Waals surface area (Å²) in [5, 5.41) is 7.56. The van der Waals surface area contributed by atoms with Gasteiger partial charge in [0, 0.05) is 12.2 Å². The third-order valence-corrected chi connectivity index (χ3v) is 3.36. The standard InChI is InChI=1S/C13H11F4N3O/c14-10-3-1-2-9(12(10)13(15,16)17)11-6-20(19-18-11)8-4-5-21-7-8/h1-3,6,8H,4-5,7H2. The van der Waals surface area contributed by atoms with Crippen molar-refractivity contribution in [3.63, 3.8) is 0 Å². The van der Waals surface area contributed by atoms with Gasteiger partial charge < -0.3 is 4.74 Å². The van der Waals surface area contributed by atoms with Crippen molar-refractivity contribution in [1.29, 1.82) is 0 Å². The summed E-state index contributed by atoms with van der Waals surface area (Å²) < 4.78 is 59.2. The number of aromatic nitrogens is 3. The number of hydrogen-bond acceptors (Lipinski definition) is 3. The molecule has 0 radical (unpaired) electrons. The summed E-state index contributed by atoms with van der Waals surface area (Å²) in [6, 6.07) is 3.14. The highest BCUT2D eigenvalue weighted by Gasteiger charge is 2.37. The maximum Gasteiger partial charge on any atom is 0.419 e. The molecular formula is C13H11F4N3O. The van der Waals surface area contributed by atoms with Gasteiger partial charge in [-0.3, -0.25) is 0 Å². The van der Waals surface area contributed by atoms with Crippen molar-refractivity contribution in [1.82, 2.24) is 15.0 Å². The average molecular weight is 301 g/mol. The quantitative estimate of drug-likeness (QED) is 0.800. The van der Waals surface area contributed by atoms with Gasteiger partial charge in [0.05, 0.1) is 18.8 Å². The van der Waals surface area contributed by atoms with E-state index in [1.54, 1.807) is 0 Å². The molecule has 1 aromatic carbocycles. The molecule has 0 saturated carbocycles. The van der Waals surface area contributed by atoms with E-state index in [1.807, 2.05) is 0 Å². The van der Waals surface area contributed by atoms with Crippen molar-refractivity contribution < 1.29 is 22.3 Å². The minimum Gasteiger partial charge on any atom is -0.379 e. The Labute approximate surface area is 117 Å². The summed E-state index contributed by atoms with van der Waals surface area (Å²) in [5.41, 5.74) is -1.64. The van der Waals surface area contributed by atoms with Crippen LogP contribution in [0.3, 0.4) is 0 Å². The van der Waals surface area contributed by atoms with Crippen molar-refractivity contribution in [2.45, 2.75) is 18.6 Å². The molecule has 1 unspecified atom stereocenters. The molecular weight excluding hydrogens is 290 g/mol. The molecule has 1 aliphatic rings. The number of alkyl halides is 3. The second kappa shape index (κ2) is 5.10. The zero-order chi connectivity index (χ0) is 15.0. The van der Waals surface area contributed by atoms with Gasteiger partial charge in [0.25, 0.3) is 0 Å². The highest BCUT2D eigenvalue weighted by Crippen LogP contribution is 2.38. The predicted octanol–water partition coefficient (Wildman–Crippen LogP) is 3.06. The minimum atomic E-state index is -4.79. The molecule has 1 aliphatic heterocycles. The fraction of sp³-hybridized carbons (Fsp3) is 0.385. The van der Waals surface area contributed by atoms with Gasteiger partial charge in [-0.15, -0.1) is 5.10 Å². The van der Waals surface area contributed by atoms with Crippen LogP contribution in [0.4, 0.5) is 17.6 Å². The Morgan fingerprint density at radius 2 is 2.10 bits per heavy atom. The zero-order valence-corrected chi connectivity index (χ0v) is 10.8. The van der Waals surface area contributed by atoms with Crippen LogP contribution < -0.4 is 0 Å². The van der Waals surface area contributed by atoms with E-state index in [2.05, 4.69) is 10.3 Å². The molecule has 21 heavy (non-hydrogen) atoms. The second-order valence-electron chi connectivity index (χ2n) is 4.76. The molecule has 0 amide bonds. The Bertz CT molecular complexity index is 647. The van der Waals surface area contributed by atoms with Crippen LogP contribution in [0.5, 0.6) is 0 Å². The fourth-order valence-corrected chi connectivity index (χ4v) is 2.34. The molecule has 1 aromatic heterocycles. The molecule has 3 rings (SSSR count). The highest BCUT2D eigenvalue weighted by atomic mass is 19.4. The molecule has 0 aliphatic carbocycles. The van der Waals surface area contributed by atoms with Crippen LogP contribution in [0.15, 0.2) is 24.4 Å². The normalized spacial score (nSPS) is 19.1. The van der Waals surface area contributed by atoms with E-state index in [0.29, 0.717) is 13.2 Å². The Balaban J connectivity index is 2.03. The number of benzene rings is 1. The zero-order valence-electron chi connectivity index (χ0n) is 10.8. The third kappa shape index (κ3) is 2.63. The lowest BCUT2D eigenvalue weighted by Gasteiger charge is -2.11. The number of rotatable bonds is 2. The van der Waals surface area contributed by atoms with Crippen molar-refractivity contribution in [3.8, 4) is 11.3 Å². The molecule has 0 N–H and O–H groups in total. The lowest BCUT2D eigenvalue weighted by Crippen LogP contribution is -2.10. The van der Waals surface area contributed by atoms with Crippen LogP contribution in [0.2, 0.25) is 0 Å². The summed E-state index contributed by atoms with van der Waals surface area (Å²) in [5.74, 6) is -1.32. The smallest absolute Gasteiger partial charge is 0.379 e. The minimum absolute atomic E-state index is 0.00581. The van der Waals surface area contributed by atoms with Crippen molar-refractivity contribution >= 4 is 0 Å². The Morgan fingerprint density at radius 1 is 1.29 bits per heavy atom. The van der Waals surface area contributed by atoms with Gasteiger partial charge in [-0.2, -0.15) is 13.2 Å². The Kier molecular flexibility index (Phi) is 3.40. The summed E-state index contributed by atoms with van der Waals surface area (Å²) in [4.78, 5) is 0. The average Bonchev–Trinajstić information content (AvgIpc) is 3.08. The van der Waals surface area contributed by atoms with Crippen LogP contribution in [0.1, 0.15) is 18.0 Å². The van der Waals surface area contributed by atoms with E-state index in [0.717, 1.165) is 12.5 Å². The van der Waals surface area contributed by atoms with E-state index in [1.165, 1.54) is 23.0 Å².